The predicted octanol–water partition coefficient (Wildman–Crippen LogP) is 3.66. The molecule has 1 aromatic heterocycles. The van der Waals surface area contributed by atoms with Gasteiger partial charge in [0, 0.05) is 29.9 Å². The van der Waals surface area contributed by atoms with E-state index in [2.05, 4.69) is 45.0 Å². The standard InChI is InChI=1S/C21H31N3O2/c1-21(2,3)24-14-16(13-23(4)18-10-7-11-19(18)25)20(22-24)15-8-6-9-17(12-15)26-5/h6,8-9,12,14,18-19,25H,7,10-11,13H2,1-5H3/t18-,19-/m1/s1. The number of aromatic nitrogens is 2. The van der Waals surface area contributed by atoms with E-state index in [0.29, 0.717) is 0 Å². The molecule has 1 heterocycles. The number of hydrogen-bond acceptors (Lipinski definition) is 4. The first-order valence-corrected chi connectivity index (χ1v) is 9.41. The van der Waals surface area contributed by atoms with Crippen LogP contribution in [0.15, 0.2) is 30.5 Å². The number of aliphatic hydroxyl groups is 1. The van der Waals surface area contributed by atoms with Gasteiger partial charge in [0.2, 0.25) is 0 Å². The molecule has 3 rings (SSSR count). The van der Waals surface area contributed by atoms with Crippen molar-refractivity contribution in [1.29, 1.82) is 0 Å². The maximum atomic E-state index is 10.2. The normalized spacial score (nSPS) is 20.7. The molecular formula is C21H31N3O2. The van der Waals surface area contributed by atoms with Crippen LogP contribution in [0, 0.1) is 0 Å². The Labute approximate surface area is 156 Å². The number of aliphatic hydroxyl groups excluding tert-OH is 1. The summed E-state index contributed by atoms with van der Waals surface area (Å²) >= 11 is 0. The molecule has 1 aliphatic carbocycles. The lowest BCUT2D eigenvalue weighted by atomic mass is 10.1. The zero-order valence-electron chi connectivity index (χ0n) is 16.6. The third-order valence-electron chi connectivity index (χ3n) is 5.25. The van der Waals surface area contributed by atoms with Crippen LogP contribution in [0.25, 0.3) is 11.3 Å². The zero-order chi connectivity index (χ0) is 18.9. The molecule has 0 amide bonds. The summed E-state index contributed by atoms with van der Waals surface area (Å²) in [4.78, 5) is 2.27. The van der Waals surface area contributed by atoms with E-state index in [-0.39, 0.29) is 17.7 Å². The third-order valence-corrected chi connectivity index (χ3v) is 5.25. The van der Waals surface area contributed by atoms with Gasteiger partial charge in [-0.05, 0) is 59.2 Å². The summed E-state index contributed by atoms with van der Waals surface area (Å²) < 4.78 is 7.43. The molecule has 5 nitrogen and oxygen atoms in total. The van der Waals surface area contributed by atoms with Gasteiger partial charge in [0.15, 0.2) is 0 Å². The molecule has 0 bridgehead atoms. The SMILES string of the molecule is COc1cccc(-c2nn(C(C)(C)C)cc2CN(C)[C@@H]2CCC[C@H]2O)c1. The Morgan fingerprint density at radius 3 is 2.69 bits per heavy atom. The van der Waals surface area contributed by atoms with Gasteiger partial charge >= 0.3 is 0 Å². The number of benzene rings is 1. The van der Waals surface area contributed by atoms with Crippen molar-refractivity contribution < 1.29 is 9.84 Å². The quantitative estimate of drug-likeness (QED) is 0.887. The van der Waals surface area contributed by atoms with Crippen molar-refractivity contribution in [2.24, 2.45) is 0 Å². The molecule has 142 valence electrons. The average molecular weight is 357 g/mol. The van der Waals surface area contributed by atoms with Crippen LogP contribution in [0.4, 0.5) is 0 Å². The van der Waals surface area contributed by atoms with Crippen molar-refractivity contribution in [1.82, 2.24) is 14.7 Å². The van der Waals surface area contributed by atoms with Crippen LogP contribution in [0.3, 0.4) is 0 Å². The van der Waals surface area contributed by atoms with Crippen LogP contribution < -0.4 is 4.74 Å². The smallest absolute Gasteiger partial charge is 0.119 e. The Morgan fingerprint density at radius 1 is 1.31 bits per heavy atom. The largest absolute Gasteiger partial charge is 0.497 e. The molecule has 1 N–H and O–H groups in total. The monoisotopic (exact) mass is 357 g/mol. The molecular weight excluding hydrogens is 326 g/mol. The number of likely N-dealkylation sites (N-methyl/N-ethyl adjacent to an activating group) is 1. The Hall–Kier alpha value is -1.85. The second-order valence-corrected chi connectivity index (χ2v) is 8.33. The van der Waals surface area contributed by atoms with E-state index in [1.807, 2.05) is 22.9 Å². The Bertz CT molecular complexity index is 748. The molecule has 0 unspecified atom stereocenters. The van der Waals surface area contributed by atoms with Gasteiger partial charge in [-0.25, -0.2) is 0 Å². The summed E-state index contributed by atoms with van der Waals surface area (Å²) in [6, 6.07) is 8.28. The van der Waals surface area contributed by atoms with Crippen molar-refractivity contribution in [2.45, 2.75) is 64.3 Å². The lowest BCUT2D eigenvalue weighted by Crippen LogP contribution is -2.37. The number of methoxy groups -OCH3 is 1. The number of nitrogens with zero attached hydrogens (tertiary/aromatic N) is 3. The predicted molar refractivity (Wildman–Crippen MR) is 104 cm³/mol. The molecule has 0 spiro atoms. The Kier molecular flexibility index (Phi) is 5.39. The summed E-state index contributed by atoms with van der Waals surface area (Å²) in [5.74, 6) is 0.832. The summed E-state index contributed by atoms with van der Waals surface area (Å²) in [7, 11) is 3.78. The van der Waals surface area contributed by atoms with Crippen molar-refractivity contribution in [3.05, 3.63) is 36.0 Å². The van der Waals surface area contributed by atoms with E-state index < -0.39 is 0 Å². The molecule has 1 aromatic carbocycles. The Balaban J connectivity index is 1.95. The summed E-state index contributed by atoms with van der Waals surface area (Å²) in [5.41, 5.74) is 3.13. The van der Waals surface area contributed by atoms with Crippen LogP contribution in [0.5, 0.6) is 5.75 Å². The van der Waals surface area contributed by atoms with Crippen LogP contribution in [-0.2, 0) is 12.1 Å². The van der Waals surface area contributed by atoms with Crippen LogP contribution in [0.1, 0.15) is 45.6 Å². The number of hydrogen-bond donors (Lipinski definition) is 1. The average Bonchev–Trinajstić information content (AvgIpc) is 3.21. The van der Waals surface area contributed by atoms with Gasteiger partial charge in [-0.15, -0.1) is 0 Å². The molecule has 0 saturated heterocycles. The minimum Gasteiger partial charge on any atom is -0.497 e. The second-order valence-electron chi connectivity index (χ2n) is 8.33. The fourth-order valence-corrected chi connectivity index (χ4v) is 3.70. The van der Waals surface area contributed by atoms with E-state index in [4.69, 9.17) is 9.84 Å². The molecule has 1 saturated carbocycles. The molecule has 2 atom stereocenters. The van der Waals surface area contributed by atoms with Gasteiger partial charge in [-0.1, -0.05) is 12.1 Å². The topological polar surface area (TPSA) is 50.5 Å². The van der Waals surface area contributed by atoms with E-state index in [1.165, 1.54) is 5.56 Å². The first kappa shape index (κ1) is 18.9. The van der Waals surface area contributed by atoms with Gasteiger partial charge in [-0.2, -0.15) is 5.10 Å². The molecule has 26 heavy (non-hydrogen) atoms. The number of ether oxygens (including phenoxy) is 1. The molecule has 0 aliphatic heterocycles. The van der Waals surface area contributed by atoms with Crippen molar-refractivity contribution in [2.75, 3.05) is 14.2 Å². The second kappa shape index (κ2) is 7.41. The van der Waals surface area contributed by atoms with Gasteiger partial charge in [0.05, 0.1) is 24.4 Å². The summed E-state index contributed by atoms with van der Waals surface area (Å²) in [6.07, 6.45) is 4.98. The van der Waals surface area contributed by atoms with E-state index >= 15 is 0 Å². The summed E-state index contributed by atoms with van der Waals surface area (Å²) in [5, 5.41) is 15.1. The van der Waals surface area contributed by atoms with Crippen LogP contribution in [0.2, 0.25) is 0 Å². The highest BCUT2D eigenvalue weighted by atomic mass is 16.5. The van der Waals surface area contributed by atoms with Crippen molar-refractivity contribution >= 4 is 0 Å². The van der Waals surface area contributed by atoms with Gasteiger partial charge in [-0.3, -0.25) is 9.58 Å². The van der Waals surface area contributed by atoms with Crippen molar-refractivity contribution in [3.63, 3.8) is 0 Å². The van der Waals surface area contributed by atoms with Crippen molar-refractivity contribution in [3.8, 4) is 17.0 Å². The molecule has 1 aliphatic rings. The Morgan fingerprint density at radius 2 is 2.08 bits per heavy atom. The molecule has 2 aromatic rings. The molecule has 0 radical (unpaired) electrons. The minimum absolute atomic E-state index is 0.0860. The maximum absolute atomic E-state index is 10.2. The third kappa shape index (κ3) is 3.94. The fourth-order valence-electron chi connectivity index (χ4n) is 3.70. The number of rotatable bonds is 5. The fraction of sp³-hybridized carbons (Fsp3) is 0.571. The highest BCUT2D eigenvalue weighted by molar-refractivity contribution is 5.64. The van der Waals surface area contributed by atoms with E-state index in [0.717, 1.165) is 42.8 Å². The first-order chi connectivity index (χ1) is 12.3. The lowest BCUT2D eigenvalue weighted by molar-refractivity contribution is 0.0825. The molecule has 1 fully saturated rings. The highest BCUT2D eigenvalue weighted by Crippen LogP contribution is 2.30. The highest BCUT2D eigenvalue weighted by Gasteiger charge is 2.30. The van der Waals surface area contributed by atoms with E-state index in [9.17, 15) is 5.11 Å². The zero-order valence-corrected chi connectivity index (χ0v) is 16.6. The van der Waals surface area contributed by atoms with Crippen LogP contribution in [-0.4, -0.2) is 46.1 Å². The van der Waals surface area contributed by atoms with Crippen LogP contribution >= 0.6 is 0 Å². The van der Waals surface area contributed by atoms with Gasteiger partial charge < -0.3 is 9.84 Å². The van der Waals surface area contributed by atoms with Gasteiger partial charge in [0.25, 0.3) is 0 Å². The molecule has 5 heteroatoms. The van der Waals surface area contributed by atoms with Gasteiger partial charge in [0.1, 0.15) is 5.75 Å². The lowest BCUT2D eigenvalue weighted by Gasteiger charge is -2.26. The minimum atomic E-state index is -0.224. The van der Waals surface area contributed by atoms with E-state index in [1.54, 1.807) is 7.11 Å². The maximum Gasteiger partial charge on any atom is 0.119 e. The first-order valence-electron chi connectivity index (χ1n) is 9.41. The summed E-state index contributed by atoms with van der Waals surface area (Å²) in [6.45, 7) is 7.24.